The Morgan fingerprint density at radius 1 is 0.784 bits per heavy atom. The van der Waals surface area contributed by atoms with Crippen molar-refractivity contribution in [2.75, 3.05) is 41.3 Å². The van der Waals surface area contributed by atoms with Gasteiger partial charge in [0.05, 0.1) is 0 Å². The van der Waals surface area contributed by atoms with Crippen LogP contribution in [0.3, 0.4) is 0 Å². The first-order valence-corrected chi connectivity index (χ1v) is 12.1. The Bertz CT molecular complexity index is 1270. The van der Waals surface area contributed by atoms with Gasteiger partial charge in [-0.25, -0.2) is 24.7 Å². The van der Waals surface area contributed by atoms with Crippen LogP contribution in [0.4, 0.5) is 17.6 Å². The van der Waals surface area contributed by atoms with Gasteiger partial charge in [-0.2, -0.15) is 0 Å². The van der Waals surface area contributed by atoms with Crippen molar-refractivity contribution in [1.29, 1.82) is 0 Å². The van der Waals surface area contributed by atoms with E-state index in [1.165, 1.54) is 0 Å². The zero-order valence-electron chi connectivity index (χ0n) is 20.0. The van der Waals surface area contributed by atoms with Gasteiger partial charge in [0, 0.05) is 72.8 Å². The van der Waals surface area contributed by atoms with Gasteiger partial charge < -0.3 is 20.2 Å². The van der Waals surface area contributed by atoms with Crippen molar-refractivity contribution in [1.82, 2.24) is 19.9 Å². The highest BCUT2D eigenvalue weighted by Crippen LogP contribution is 2.19. The summed E-state index contributed by atoms with van der Waals surface area (Å²) in [6, 6.07) is 10.6. The number of halogens is 1. The number of rotatable bonds is 5. The highest BCUT2D eigenvalue weighted by molar-refractivity contribution is 6.30. The maximum atomic E-state index is 12.2. The van der Waals surface area contributed by atoms with E-state index in [-0.39, 0.29) is 5.91 Å². The van der Waals surface area contributed by atoms with Crippen LogP contribution in [0.1, 0.15) is 12.8 Å². The number of benzene rings is 1. The van der Waals surface area contributed by atoms with E-state index in [1.807, 2.05) is 15.9 Å². The predicted octanol–water partition coefficient (Wildman–Crippen LogP) is 3.60. The number of carbonyl (C=O) groups is 2. The number of nitrogens with one attached hydrogen (secondary N) is 1. The third kappa shape index (κ3) is 7.34. The van der Waals surface area contributed by atoms with Crippen molar-refractivity contribution < 1.29 is 14.7 Å². The van der Waals surface area contributed by atoms with Crippen molar-refractivity contribution >= 4 is 41.1 Å². The summed E-state index contributed by atoms with van der Waals surface area (Å²) in [6.45, 7) is 2.57. The number of amides is 1. The molecule has 2 aliphatic rings. The summed E-state index contributed by atoms with van der Waals surface area (Å²) in [6.07, 6.45) is 11.6. The molecule has 10 nitrogen and oxygen atoms in total. The van der Waals surface area contributed by atoms with Gasteiger partial charge in [0.25, 0.3) is 5.91 Å². The van der Waals surface area contributed by atoms with Crippen LogP contribution in [0, 0.1) is 0 Å². The summed E-state index contributed by atoms with van der Waals surface area (Å²) in [7, 11) is 0. The minimum absolute atomic E-state index is 0.0732. The lowest BCUT2D eigenvalue weighted by Crippen LogP contribution is -2.32. The number of hydrogen-bond donors (Lipinski definition) is 2. The van der Waals surface area contributed by atoms with Crippen LogP contribution in [-0.2, 0) is 9.59 Å². The first-order chi connectivity index (χ1) is 18.0. The highest BCUT2D eigenvalue weighted by Gasteiger charge is 2.19. The molecule has 0 saturated carbocycles. The van der Waals surface area contributed by atoms with E-state index >= 15 is 0 Å². The van der Waals surface area contributed by atoms with Gasteiger partial charge in [-0.3, -0.25) is 4.79 Å². The maximum absolute atomic E-state index is 12.2. The number of aliphatic carboxylic acids is 1. The van der Waals surface area contributed by atoms with E-state index in [0.717, 1.165) is 17.8 Å². The van der Waals surface area contributed by atoms with Crippen LogP contribution < -0.4 is 15.1 Å². The molecule has 190 valence electrons. The topological polar surface area (TPSA) is 124 Å². The number of nitrogens with zero attached hydrogens (tertiary/aromatic N) is 6. The number of carboxylic acid groups (broad SMARTS) is 1. The SMILES string of the molecule is O=C(Nc1ccc(Cl)cc1)C1=CCN(c2ncccn2)CC1.O=C(O)C1=CCN(c2ncccn2)CC1. The Morgan fingerprint density at radius 2 is 1.27 bits per heavy atom. The normalized spacial score (nSPS) is 15.1. The molecule has 3 aromatic rings. The second-order valence-electron chi connectivity index (χ2n) is 8.21. The van der Waals surface area contributed by atoms with E-state index in [4.69, 9.17) is 16.7 Å². The van der Waals surface area contributed by atoms with Crippen LogP contribution in [0.25, 0.3) is 0 Å². The monoisotopic (exact) mass is 519 g/mol. The Balaban J connectivity index is 0.000000186. The number of carboxylic acids is 1. The smallest absolute Gasteiger partial charge is 0.331 e. The standard InChI is InChI=1S/C16H15ClN4O.C10H11N3O2/c17-13-2-4-14(5-3-13)20-15(22)12-6-10-21(11-7-12)16-18-8-1-9-19-16;14-9(15)8-2-6-13(7-3-8)10-11-4-1-5-12-10/h1-6,8-9H,7,10-11H2,(H,20,22);1-2,4-5H,3,6-7H2,(H,14,15). The minimum Gasteiger partial charge on any atom is -0.478 e. The van der Waals surface area contributed by atoms with Crippen LogP contribution in [0.5, 0.6) is 0 Å². The summed E-state index contributed by atoms with van der Waals surface area (Å²) in [4.78, 5) is 43.6. The Hall–Kier alpha value is -4.31. The molecule has 1 aromatic carbocycles. The second-order valence-corrected chi connectivity index (χ2v) is 8.65. The van der Waals surface area contributed by atoms with Gasteiger partial charge in [-0.1, -0.05) is 23.8 Å². The maximum Gasteiger partial charge on any atom is 0.331 e. The van der Waals surface area contributed by atoms with E-state index < -0.39 is 5.97 Å². The molecule has 0 saturated heterocycles. The fourth-order valence-electron chi connectivity index (χ4n) is 3.76. The van der Waals surface area contributed by atoms with Gasteiger partial charge in [-0.05, 0) is 49.2 Å². The fourth-order valence-corrected chi connectivity index (χ4v) is 3.88. The third-order valence-corrected chi connectivity index (χ3v) is 6.01. The number of aromatic nitrogens is 4. The zero-order valence-corrected chi connectivity index (χ0v) is 20.8. The fraction of sp³-hybridized carbons (Fsp3) is 0.231. The molecule has 2 N–H and O–H groups in total. The van der Waals surface area contributed by atoms with Crippen molar-refractivity contribution in [3.8, 4) is 0 Å². The largest absolute Gasteiger partial charge is 0.478 e. The summed E-state index contributed by atoms with van der Waals surface area (Å²) in [5, 5.41) is 12.3. The third-order valence-electron chi connectivity index (χ3n) is 5.76. The van der Waals surface area contributed by atoms with Gasteiger partial charge in [0.2, 0.25) is 11.9 Å². The van der Waals surface area contributed by atoms with Crippen LogP contribution in [-0.4, -0.2) is 63.1 Å². The van der Waals surface area contributed by atoms with Crippen molar-refractivity contribution in [3.05, 3.63) is 89.5 Å². The molecule has 0 unspecified atom stereocenters. The zero-order chi connectivity index (χ0) is 26.0. The van der Waals surface area contributed by atoms with Gasteiger partial charge >= 0.3 is 5.97 Å². The molecule has 4 heterocycles. The molecular formula is C26H26ClN7O3. The first-order valence-electron chi connectivity index (χ1n) is 11.7. The van der Waals surface area contributed by atoms with Crippen LogP contribution in [0.2, 0.25) is 5.02 Å². The van der Waals surface area contributed by atoms with E-state index in [1.54, 1.807) is 67.3 Å². The molecule has 0 aliphatic carbocycles. The average Bonchev–Trinajstić information content (AvgIpc) is 2.96. The van der Waals surface area contributed by atoms with Gasteiger partial charge in [0.1, 0.15) is 0 Å². The highest BCUT2D eigenvalue weighted by atomic mass is 35.5. The molecular weight excluding hydrogens is 494 g/mol. The molecule has 5 rings (SSSR count). The van der Waals surface area contributed by atoms with Crippen LogP contribution >= 0.6 is 11.6 Å². The Kier molecular flexibility index (Phi) is 8.77. The van der Waals surface area contributed by atoms with E-state index in [0.29, 0.717) is 55.0 Å². The number of anilines is 3. The van der Waals surface area contributed by atoms with Gasteiger partial charge in [-0.15, -0.1) is 0 Å². The molecule has 0 fully saturated rings. The lowest BCUT2D eigenvalue weighted by molar-refractivity contribution is -0.132. The molecule has 0 atom stereocenters. The predicted molar refractivity (Wildman–Crippen MR) is 142 cm³/mol. The summed E-state index contributed by atoms with van der Waals surface area (Å²) in [5.41, 5.74) is 1.99. The molecule has 0 spiro atoms. The van der Waals surface area contributed by atoms with Crippen molar-refractivity contribution in [2.24, 2.45) is 0 Å². The molecule has 11 heteroatoms. The molecule has 1 amide bonds. The Labute approximate surface area is 219 Å². The van der Waals surface area contributed by atoms with Crippen molar-refractivity contribution in [3.63, 3.8) is 0 Å². The van der Waals surface area contributed by atoms with E-state index in [2.05, 4.69) is 25.3 Å². The molecule has 0 bridgehead atoms. The average molecular weight is 520 g/mol. The molecule has 2 aromatic heterocycles. The Morgan fingerprint density at radius 3 is 1.70 bits per heavy atom. The summed E-state index contributed by atoms with van der Waals surface area (Å²) >= 11 is 5.83. The first kappa shape index (κ1) is 25.8. The molecule has 2 aliphatic heterocycles. The summed E-state index contributed by atoms with van der Waals surface area (Å²) < 4.78 is 0. The number of carbonyl (C=O) groups excluding carboxylic acids is 1. The van der Waals surface area contributed by atoms with E-state index in [9.17, 15) is 9.59 Å². The lowest BCUT2D eigenvalue weighted by atomic mass is 10.1. The van der Waals surface area contributed by atoms with Gasteiger partial charge in [0.15, 0.2) is 0 Å². The van der Waals surface area contributed by atoms with Crippen molar-refractivity contribution in [2.45, 2.75) is 12.8 Å². The van der Waals surface area contributed by atoms with Crippen LogP contribution in [0.15, 0.2) is 84.5 Å². The number of hydrogen-bond acceptors (Lipinski definition) is 8. The minimum atomic E-state index is -0.830. The lowest BCUT2D eigenvalue weighted by Gasteiger charge is -2.25. The molecule has 37 heavy (non-hydrogen) atoms. The molecule has 0 radical (unpaired) electrons. The second kappa shape index (κ2) is 12.6. The summed E-state index contributed by atoms with van der Waals surface area (Å²) in [5.74, 6) is 0.439. The quantitative estimate of drug-likeness (QED) is 0.520.